The first-order valence-corrected chi connectivity index (χ1v) is 32.4. The average Bonchev–Trinajstić information content (AvgIpc) is 4.41. The van der Waals surface area contributed by atoms with Crippen molar-refractivity contribution in [2.75, 3.05) is 85.0 Å². The van der Waals surface area contributed by atoms with E-state index in [0.717, 1.165) is 93.8 Å². The molecule has 19 heteroatoms. The molecule has 1 aromatic carbocycles. The molecule has 0 bridgehead atoms. The number of benzene rings is 1. The second-order valence-corrected chi connectivity index (χ2v) is 24.5. The number of hydrogen-bond donors (Lipinski definition) is 7. The number of Topliss-reactive ketones (excluding diaryl/α,β-unsaturated/α-hetero) is 1. The van der Waals surface area contributed by atoms with E-state index in [4.69, 9.17) is 40.4 Å². The summed E-state index contributed by atoms with van der Waals surface area (Å²) in [6.45, 7) is 39.8. The van der Waals surface area contributed by atoms with Crippen molar-refractivity contribution in [3.8, 4) is 0 Å². The van der Waals surface area contributed by atoms with Crippen molar-refractivity contribution < 1.29 is 63.6 Å². The highest BCUT2D eigenvalue weighted by atomic mass is 35.5. The van der Waals surface area contributed by atoms with E-state index in [9.17, 15) is 34.8 Å². The number of aliphatic hydroxyl groups excluding tert-OH is 4. The molecule has 3 fully saturated rings. The van der Waals surface area contributed by atoms with Crippen LogP contribution in [0.5, 0.6) is 0 Å². The van der Waals surface area contributed by atoms with Gasteiger partial charge in [0.15, 0.2) is 5.60 Å². The Labute approximate surface area is 522 Å². The molecule has 5 rings (SSSR count). The van der Waals surface area contributed by atoms with Crippen LogP contribution in [-0.4, -0.2) is 176 Å². The zero-order valence-corrected chi connectivity index (χ0v) is 58.4. The van der Waals surface area contributed by atoms with Crippen LogP contribution in [0.1, 0.15) is 187 Å². The van der Waals surface area contributed by atoms with Gasteiger partial charge in [0.2, 0.25) is 0 Å². The number of halogens is 1. The molecule has 13 atom stereocenters. The molecule has 4 aliphatic rings. The molecular formula is C66H122ClN4O13P. The lowest BCUT2D eigenvalue weighted by molar-refractivity contribution is -0.132. The van der Waals surface area contributed by atoms with Gasteiger partial charge in [-0.15, -0.1) is 8.86 Å². The Morgan fingerprint density at radius 1 is 1.02 bits per heavy atom. The first-order chi connectivity index (χ1) is 40.1. The van der Waals surface area contributed by atoms with Gasteiger partial charge < -0.3 is 69.7 Å². The fourth-order valence-electron chi connectivity index (χ4n) is 10.0. The predicted octanol–water partition coefficient (Wildman–Crippen LogP) is 12.6. The summed E-state index contributed by atoms with van der Waals surface area (Å²) in [5.41, 5.74) is 2.05. The summed E-state index contributed by atoms with van der Waals surface area (Å²) in [5, 5.41) is 53.5. The number of carboxylic acid groups (broad SMARTS) is 1. The van der Waals surface area contributed by atoms with Crippen LogP contribution in [-0.2, 0) is 33.3 Å². The molecule has 0 aromatic heterocycles. The number of carbonyl (C=O) groups excluding carboxylic acids is 2. The highest BCUT2D eigenvalue weighted by Crippen LogP contribution is 2.45. The van der Waals surface area contributed by atoms with E-state index in [0.29, 0.717) is 73.6 Å². The van der Waals surface area contributed by atoms with E-state index in [2.05, 4.69) is 79.6 Å². The highest BCUT2D eigenvalue weighted by Gasteiger charge is 2.51. The number of ketones is 1. The van der Waals surface area contributed by atoms with Crippen molar-refractivity contribution in [3.63, 3.8) is 0 Å². The summed E-state index contributed by atoms with van der Waals surface area (Å²) in [4.78, 5) is 39.5. The Kier molecular flexibility index (Phi) is 43.7. The molecule has 1 aliphatic carbocycles. The van der Waals surface area contributed by atoms with Gasteiger partial charge in [0, 0.05) is 83.1 Å². The molecule has 0 spiro atoms. The minimum Gasteiger partial charge on any atom is -0.478 e. The summed E-state index contributed by atoms with van der Waals surface area (Å²) in [6.07, 6.45) is 9.83. The summed E-state index contributed by atoms with van der Waals surface area (Å²) in [7, 11) is 12.3. The molecule has 17 nitrogen and oxygen atoms in total. The number of nitrogens with one attached hydrogen (secondary N) is 2. The van der Waals surface area contributed by atoms with Gasteiger partial charge in [-0.05, 0) is 167 Å². The van der Waals surface area contributed by atoms with E-state index < -0.39 is 23.3 Å². The molecule has 85 heavy (non-hydrogen) atoms. The Balaban J connectivity index is 0. The predicted molar refractivity (Wildman–Crippen MR) is 355 cm³/mol. The zero-order chi connectivity index (χ0) is 65.9. The Morgan fingerprint density at radius 3 is 2.12 bits per heavy atom. The lowest BCUT2D eigenvalue weighted by Gasteiger charge is -2.39. The fraction of sp³-hybridized carbons (Fsp3) is 0.788. The SMILES string of the molecule is C=C1C(C(=O)O)=CN(C2CC2)c2cc(Cl)c(NCCN(C)CCCO[C@H](C)C(C)C[C@@H](O)CC)cc21.CC.CC.CC1C[C@@H](C)OCC1O.CCC(C)[C@@]1(C)OC(=O)OC1CC(=P)C(C)CC(C)(OC)C(CO)CCC(C)C(C)=O.CNC.CO. The molecule has 3 aliphatic heterocycles. The second kappa shape index (κ2) is 44.3. The summed E-state index contributed by atoms with van der Waals surface area (Å²) in [6, 6.07) is 4.17. The second-order valence-electron chi connectivity index (χ2n) is 23.4. The number of anilines is 2. The smallest absolute Gasteiger partial charge is 0.478 e. The summed E-state index contributed by atoms with van der Waals surface area (Å²) >= 11 is 6.61. The number of carboxylic acids is 1. The lowest BCUT2D eigenvalue weighted by Crippen LogP contribution is -2.45. The topological polar surface area (TPSA) is 229 Å². The fourth-order valence-corrected chi connectivity index (χ4v) is 10.5. The van der Waals surface area contributed by atoms with Gasteiger partial charge in [0.1, 0.15) is 11.9 Å². The number of aliphatic carboxylic acids is 1. The maximum atomic E-state index is 11.9. The quantitative estimate of drug-likeness (QED) is 0.0225. The number of methoxy groups -OCH3 is 1. The summed E-state index contributed by atoms with van der Waals surface area (Å²) < 4.78 is 28.2. The first-order valence-electron chi connectivity index (χ1n) is 31.5. The first kappa shape index (κ1) is 83.9. The Hall–Kier alpha value is -3.19. The molecule has 2 saturated heterocycles. The Bertz CT molecular complexity index is 2100. The van der Waals surface area contributed by atoms with Gasteiger partial charge in [-0.25, -0.2) is 9.59 Å². The molecule has 496 valence electrons. The van der Waals surface area contributed by atoms with Crippen molar-refractivity contribution >= 4 is 60.6 Å². The highest BCUT2D eigenvalue weighted by molar-refractivity contribution is 7.21. The normalized spacial score (nSPS) is 22.6. The van der Waals surface area contributed by atoms with Crippen LogP contribution in [0.25, 0.3) is 5.57 Å². The minimum absolute atomic E-state index is 0.00110. The Morgan fingerprint density at radius 2 is 1.62 bits per heavy atom. The molecule has 1 aromatic rings. The van der Waals surface area contributed by atoms with Crippen LogP contribution in [0.4, 0.5) is 16.2 Å². The molecule has 0 radical (unpaired) electrons. The van der Waals surface area contributed by atoms with Crippen LogP contribution in [0, 0.1) is 35.5 Å². The van der Waals surface area contributed by atoms with Gasteiger partial charge in [0.25, 0.3) is 0 Å². The number of carbonyl (C=O) groups is 3. The van der Waals surface area contributed by atoms with Crippen LogP contribution in [0.2, 0.25) is 5.02 Å². The van der Waals surface area contributed by atoms with Crippen molar-refractivity contribution in [2.45, 2.75) is 229 Å². The lowest BCUT2D eigenvalue weighted by atomic mass is 9.76. The molecule has 0 amide bonds. The molecule has 7 N–H and O–H groups in total. The third kappa shape index (κ3) is 28.9. The number of hydrogen-bond acceptors (Lipinski definition) is 16. The minimum atomic E-state index is -0.964. The van der Waals surface area contributed by atoms with Gasteiger partial charge in [-0.1, -0.05) is 94.3 Å². The molecule has 9 unspecified atom stereocenters. The van der Waals surface area contributed by atoms with Gasteiger partial charge >= 0.3 is 12.1 Å². The van der Waals surface area contributed by atoms with Crippen LogP contribution < -0.4 is 15.5 Å². The third-order valence-electron chi connectivity index (χ3n) is 16.8. The van der Waals surface area contributed by atoms with E-state index in [1.807, 2.05) is 93.4 Å². The van der Waals surface area contributed by atoms with Crippen LogP contribution in [0.15, 0.2) is 30.5 Å². The maximum Gasteiger partial charge on any atom is 0.509 e. The van der Waals surface area contributed by atoms with Crippen LogP contribution in [0.3, 0.4) is 0 Å². The summed E-state index contributed by atoms with van der Waals surface area (Å²) in [5.74, 6) is 0.115. The van der Waals surface area contributed by atoms with Crippen molar-refractivity contribution in [1.29, 1.82) is 0 Å². The van der Waals surface area contributed by atoms with E-state index in [-0.39, 0.29) is 66.1 Å². The standard InChI is InChI=1S/C28H42ClN3O4.C24H43O6P.C7H14O2.C2H7N.2C2H6.CH4O/c1-6-22(33)14-18(2)20(4)36-13-7-11-31(5)12-10-30-26-15-23-19(3)24(28(34)35)17-32(21-8-9-21)27(23)16-25(26)29;1-9-17(4)24(7)21(29-22(27)30-24)12-20(31)16(3)13-23(6,28-8)19(14-25)11-10-15(2)18(5)26;1-5-3-6(2)9-4-7(5)8;1-3-2;3*1-2/h15-18,20-22,30,33H,3,6-14H2,1-2,4-5H3,(H,34,35);15-17,19,21,25,31H,9-14H2,1-8H3;5-8H,3-4H2,1-2H3;3H,1-2H3;2*1-2H3;2H,1H3/t18?,20-,22+;15?,16?,17?,19?,21?,23?,24-;5?,6-,7?;;;;/m111..../s1. The molecule has 1 saturated carbocycles. The number of aliphatic hydroxyl groups is 4. The number of ether oxygens (including phenoxy) is 5. The van der Waals surface area contributed by atoms with E-state index in [1.165, 1.54) is 0 Å². The largest absolute Gasteiger partial charge is 0.509 e. The van der Waals surface area contributed by atoms with E-state index in [1.54, 1.807) is 20.2 Å². The zero-order valence-electron chi connectivity index (χ0n) is 56.7. The van der Waals surface area contributed by atoms with Gasteiger partial charge in [0.05, 0.1) is 58.6 Å². The third-order valence-corrected chi connectivity index (χ3v) is 17.8. The number of nitrogens with zero attached hydrogens (tertiary/aromatic N) is 2. The van der Waals surface area contributed by atoms with E-state index >= 15 is 0 Å². The van der Waals surface area contributed by atoms with Crippen molar-refractivity contribution in [2.24, 2.45) is 35.5 Å². The van der Waals surface area contributed by atoms with Gasteiger partial charge in [-0.3, -0.25) is 4.79 Å². The van der Waals surface area contributed by atoms with Crippen molar-refractivity contribution in [3.05, 3.63) is 41.1 Å². The number of cyclic esters (lactones) is 2. The number of likely N-dealkylation sites (N-methyl/N-ethyl adjacent to an activating group) is 1. The van der Waals surface area contributed by atoms with Crippen molar-refractivity contribution in [1.82, 2.24) is 10.2 Å². The number of rotatable bonds is 29. The average molecular weight is 1250 g/mol. The maximum absolute atomic E-state index is 11.9. The van der Waals surface area contributed by atoms with Crippen LogP contribution >= 0.6 is 20.5 Å². The molecular weight excluding hydrogens is 1120 g/mol. The molecule has 3 heterocycles. The number of fused-ring (bicyclic) bond motifs is 1. The monoisotopic (exact) mass is 1240 g/mol. The van der Waals surface area contributed by atoms with Gasteiger partial charge in [-0.2, -0.15) is 0 Å².